The molecule has 0 fully saturated rings. The van der Waals surface area contributed by atoms with E-state index in [1.807, 2.05) is 0 Å². The summed E-state index contributed by atoms with van der Waals surface area (Å²) in [4.78, 5) is 12.5. The minimum Gasteiger partial charge on any atom is -0.497 e. The maximum Gasteiger partial charge on any atom is 0.204 e. The fourth-order valence-corrected chi connectivity index (χ4v) is 2.15. The Hall–Kier alpha value is -2.49. The SMILES string of the molecule is COc1ccc2oc3cccc(OC)c3c(=O)c2c1. The molecule has 0 radical (unpaired) electrons. The Bertz CT molecular complexity index is 817. The van der Waals surface area contributed by atoms with Crippen molar-refractivity contribution in [1.82, 2.24) is 0 Å². The summed E-state index contributed by atoms with van der Waals surface area (Å²) in [6.45, 7) is 0. The summed E-state index contributed by atoms with van der Waals surface area (Å²) in [6, 6.07) is 10.5. The van der Waals surface area contributed by atoms with E-state index in [4.69, 9.17) is 13.9 Å². The zero-order valence-electron chi connectivity index (χ0n) is 10.6. The summed E-state index contributed by atoms with van der Waals surface area (Å²) in [5.74, 6) is 1.13. The molecule has 1 aromatic heterocycles. The summed E-state index contributed by atoms with van der Waals surface area (Å²) in [5.41, 5.74) is 0.932. The molecule has 4 heteroatoms. The highest BCUT2D eigenvalue weighted by molar-refractivity contribution is 5.93. The number of hydrogen-bond donors (Lipinski definition) is 0. The minimum atomic E-state index is -0.118. The summed E-state index contributed by atoms with van der Waals surface area (Å²) in [6.07, 6.45) is 0. The van der Waals surface area contributed by atoms with E-state index < -0.39 is 0 Å². The molecule has 0 amide bonds. The van der Waals surface area contributed by atoms with Crippen LogP contribution < -0.4 is 14.9 Å². The normalized spacial score (nSPS) is 10.8. The predicted molar refractivity (Wildman–Crippen MR) is 73.1 cm³/mol. The molecule has 0 saturated carbocycles. The number of rotatable bonds is 2. The Balaban J connectivity index is 2.50. The number of methoxy groups -OCH3 is 2. The summed E-state index contributed by atoms with van der Waals surface area (Å²) in [5, 5.41) is 0.933. The minimum absolute atomic E-state index is 0.118. The Kier molecular flexibility index (Phi) is 2.63. The van der Waals surface area contributed by atoms with E-state index >= 15 is 0 Å². The van der Waals surface area contributed by atoms with Crippen molar-refractivity contribution in [1.29, 1.82) is 0 Å². The van der Waals surface area contributed by atoms with Gasteiger partial charge in [-0.1, -0.05) is 6.07 Å². The predicted octanol–water partition coefficient (Wildman–Crippen LogP) is 2.96. The molecule has 0 saturated heterocycles. The lowest BCUT2D eigenvalue weighted by atomic mass is 10.1. The third-order valence-corrected chi connectivity index (χ3v) is 3.09. The van der Waals surface area contributed by atoms with Gasteiger partial charge in [-0.2, -0.15) is 0 Å². The number of benzene rings is 2. The molecule has 0 N–H and O–H groups in total. The van der Waals surface area contributed by atoms with Crippen LogP contribution in [0.25, 0.3) is 21.9 Å². The van der Waals surface area contributed by atoms with E-state index in [0.717, 1.165) is 0 Å². The van der Waals surface area contributed by atoms with Crippen molar-refractivity contribution in [2.45, 2.75) is 0 Å². The molecule has 0 aliphatic carbocycles. The molecule has 0 spiro atoms. The maximum absolute atomic E-state index is 12.5. The van der Waals surface area contributed by atoms with Gasteiger partial charge in [-0.25, -0.2) is 0 Å². The fourth-order valence-electron chi connectivity index (χ4n) is 2.15. The molecule has 0 atom stereocenters. The highest BCUT2D eigenvalue weighted by Crippen LogP contribution is 2.27. The van der Waals surface area contributed by atoms with Crippen LogP contribution in [0.2, 0.25) is 0 Å². The largest absolute Gasteiger partial charge is 0.497 e. The maximum atomic E-state index is 12.5. The standard InChI is InChI=1S/C15H12O4/c1-17-9-6-7-11-10(8-9)15(16)14-12(18-2)4-3-5-13(14)19-11/h3-8H,1-2H3. The first-order chi connectivity index (χ1) is 9.24. The Morgan fingerprint density at radius 2 is 1.84 bits per heavy atom. The molecule has 3 aromatic rings. The quantitative estimate of drug-likeness (QED) is 0.661. The van der Waals surface area contributed by atoms with E-state index in [1.54, 1.807) is 43.5 Å². The van der Waals surface area contributed by atoms with Gasteiger partial charge >= 0.3 is 0 Å². The van der Waals surface area contributed by atoms with Crippen LogP contribution >= 0.6 is 0 Å². The molecule has 0 aliphatic rings. The Morgan fingerprint density at radius 3 is 2.58 bits per heavy atom. The average molecular weight is 256 g/mol. The van der Waals surface area contributed by atoms with Gasteiger partial charge in [0.15, 0.2) is 0 Å². The lowest BCUT2D eigenvalue weighted by Crippen LogP contribution is -2.04. The van der Waals surface area contributed by atoms with Crippen molar-refractivity contribution in [3.63, 3.8) is 0 Å². The molecular weight excluding hydrogens is 244 g/mol. The van der Waals surface area contributed by atoms with Gasteiger partial charge in [0.2, 0.25) is 5.43 Å². The number of hydrogen-bond acceptors (Lipinski definition) is 4. The lowest BCUT2D eigenvalue weighted by Gasteiger charge is -2.06. The van der Waals surface area contributed by atoms with Crippen LogP contribution in [0.3, 0.4) is 0 Å². The van der Waals surface area contributed by atoms with Gasteiger partial charge in [0.1, 0.15) is 28.1 Å². The van der Waals surface area contributed by atoms with Crippen molar-refractivity contribution in [2.75, 3.05) is 14.2 Å². The average Bonchev–Trinajstić information content (AvgIpc) is 2.46. The summed E-state index contributed by atoms with van der Waals surface area (Å²) >= 11 is 0. The van der Waals surface area contributed by atoms with Crippen molar-refractivity contribution in [3.05, 3.63) is 46.6 Å². The van der Waals surface area contributed by atoms with E-state index in [2.05, 4.69) is 0 Å². The topological polar surface area (TPSA) is 48.7 Å². The van der Waals surface area contributed by atoms with Gasteiger partial charge in [-0.3, -0.25) is 4.79 Å². The van der Waals surface area contributed by atoms with Gasteiger partial charge in [0, 0.05) is 0 Å². The molecule has 0 aliphatic heterocycles. The third kappa shape index (κ3) is 1.73. The van der Waals surface area contributed by atoms with Crippen LogP contribution in [0.4, 0.5) is 0 Å². The highest BCUT2D eigenvalue weighted by Gasteiger charge is 2.12. The third-order valence-electron chi connectivity index (χ3n) is 3.09. The van der Waals surface area contributed by atoms with Gasteiger partial charge in [-0.15, -0.1) is 0 Å². The van der Waals surface area contributed by atoms with Crippen molar-refractivity contribution >= 4 is 21.9 Å². The van der Waals surface area contributed by atoms with Crippen molar-refractivity contribution in [3.8, 4) is 11.5 Å². The molecule has 0 unspecified atom stereocenters. The zero-order chi connectivity index (χ0) is 13.4. The number of fused-ring (bicyclic) bond motifs is 2. The molecule has 19 heavy (non-hydrogen) atoms. The fraction of sp³-hybridized carbons (Fsp3) is 0.133. The smallest absolute Gasteiger partial charge is 0.204 e. The van der Waals surface area contributed by atoms with Crippen LogP contribution in [0.1, 0.15) is 0 Å². The second-order valence-corrected chi connectivity index (χ2v) is 4.13. The van der Waals surface area contributed by atoms with E-state index in [0.29, 0.717) is 33.4 Å². The second-order valence-electron chi connectivity index (χ2n) is 4.13. The van der Waals surface area contributed by atoms with E-state index in [-0.39, 0.29) is 5.43 Å². The van der Waals surface area contributed by atoms with Crippen molar-refractivity contribution < 1.29 is 13.9 Å². The summed E-state index contributed by atoms with van der Waals surface area (Å²) in [7, 11) is 3.09. The van der Waals surface area contributed by atoms with E-state index in [1.165, 1.54) is 7.11 Å². The first-order valence-electron chi connectivity index (χ1n) is 5.82. The molecule has 4 nitrogen and oxygen atoms in total. The summed E-state index contributed by atoms with van der Waals surface area (Å²) < 4.78 is 16.1. The molecule has 1 heterocycles. The first-order valence-corrected chi connectivity index (χ1v) is 5.82. The van der Waals surface area contributed by atoms with Crippen LogP contribution in [0.5, 0.6) is 11.5 Å². The molecule has 3 rings (SSSR count). The second kappa shape index (κ2) is 4.31. The highest BCUT2D eigenvalue weighted by atomic mass is 16.5. The molecule has 0 bridgehead atoms. The lowest BCUT2D eigenvalue weighted by molar-refractivity contribution is 0.415. The van der Waals surface area contributed by atoms with E-state index in [9.17, 15) is 4.79 Å². The van der Waals surface area contributed by atoms with Gasteiger partial charge in [0.05, 0.1) is 19.6 Å². The van der Waals surface area contributed by atoms with Crippen LogP contribution in [-0.2, 0) is 0 Å². The van der Waals surface area contributed by atoms with Gasteiger partial charge < -0.3 is 13.9 Å². The van der Waals surface area contributed by atoms with Gasteiger partial charge in [-0.05, 0) is 30.3 Å². The molecule has 96 valence electrons. The van der Waals surface area contributed by atoms with Crippen LogP contribution in [0, 0.1) is 0 Å². The first kappa shape index (κ1) is 11.6. The van der Waals surface area contributed by atoms with Crippen LogP contribution in [0.15, 0.2) is 45.6 Å². The number of ether oxygens (including phenoxy) is 2. The Morgan fingerprint density at radius 1 is 1.00 bits per heavy atom. The monoisotopic (exact) mass is 256 g/mol. The zero-order valence-corrected chi connectivity index (χ0v) is 10.6. The Labute approximate surface area is 109 Å². The van der Waals surface area contributed by atoms with Crippen LogP contribution in [-0.4, -0.2) is 14.2 Å². The van der Waals surface area contributed by atoms with Crippen molar-refractivity contribution in [2.24, 2.45) is 0 Å². The molecular formula is C15H12O4. The molecule has 2 aromatic carbocycles. The van der Waals surface area contributed by atoms with Gasteiger partial charge in [0.25, 0.3) is 0 Å².